The average Bonchev–Trinajstić information content (AvgIpc) is 2.45. The first kappa shape index (κ1) is 14.4. The number of hydrogen-bond donors (Lipinski definition) is 1. The van der Waals surface area contributed by atoms with Crippen molar-refractivity contribution in [2.75, 3.05) is 11.9 Å². The predicted molar refractivity (Wildman–Crippen MR) is 81.9 cm³/mol. The fourth-order valence-electron chi connectivity index (χ4n) is 1.95. The normalized spacial score (nSPS) is 10.9. The van der Waals surface area contributed by atoms with E-state index in [1.165, 1.54) is 5.56 Å². The van der Waals surface area contributed by atoms with E-state index in [2.05, 4.69) is 42.4 Å². The Hall–Kier alpha value is -2.05. The van der Waals surface area contributed by atoms with Crippen LogP contribution in [-0.4, -0.2) is 11.5 Å². The Morgan fingerprint density at radius 1 is 1.25 bits per heavy atom. The van der Waals surface area contributed by atoms with Gasteiger partial charge in [0.15, 0.2) is 0 Å². The predicted octanol–water partition coefficient (Wildman–Crippen LogP) is 4.00. The van der Waals surface area contributed by atoms with Gasteiger partial charge in [-0.15, -0.1) is 0 Å². The highest BCUT2D eigenvalue weighted by atomic mass is 35.5. The third-order valence-corrected chi connectivity index (χ3v) is 3.38. The molecule has 0 unspecified atom stereocenters. The summed E-state index contributed by atoms with van der Waals surface area (Å²) in [6.07, 6.45) is 0. The molecule has 1 aromatic carbocycles. The molecule has 0 atom stereocenters. The summed E-state index contributed by atoms with van der Waals surface area (Å²) < 4.78 is 0. The van der Waals surface area contributed by atoms with Crippen molar-refractivity contribution in [3.63, 3.8) is 0 Å². The minimum Gasteiger partial charge on any atom is -0.369 e. The Balaban J connectivity index is 2.12. The molecule has 0 amide bonds. The molecule has 102 valence electrons. The monoisotopic (exact) mass is 285 g/mol. The fourth-order valence-corrected chi connectivity index (χ4v) is 2.16. The zero-order chi connectivity index (χ0) is 14.6. The number of anilines is 1. The lowest BCUT2D eigenvalue weighted by molar-refractivity contribution is 0.556. The van der Waals surface area contributed by atoms with Gasteiger partial charge in [0.25, 0.3) is 0 Å². The number of nitrogens with one attached hydrogen (secondary N) is 1. The van der Waals surface area contributed by atoms with Gasteiger partial charge < -0.3 is 5.32 Å². The van der Waals surface area contributed by atoms with Crippen LogP contribution >= 0.6 is 11.6 Å². The van der Waals surface area contributed by atoms with Crippen molar-refractivity contribution in [2.45, 2.75) is 19.3 Å². The highest BCUT2D eigenvalue weighted by Gasteiger charge is 2.20. The maximum absolute atomic E-state index is 8.93. The number of rotatable bonds is 4. The quantitative estimate of drug-likeness (QED) is 0.864. The number of benzene rings is 1. The van der Waals surface area contributed by atoms with Gasteiger partial charge in [-0.3, -0.25) is 0 Å². The summed E-state index contributed by atoms with van der Waals surface area (Å²) in [4.78, 5) is 4.18. The third kappa shape index (κ3) is 3.49. The van der Waals surface area contributed by atoms with Crippen molar-refractivity contribution in [3.8, 4) is 6.07 Å². The van der Waals surface area contributed by atoms with Crippen LogP contribution in [0, 0.1) is 11.3 Å². The number of nitriles is 1. The SMILES string of the molecule is CC(C)(CNc1cc(C#N)cc(Cl)n1)c1ccccc1. The molecular formula is C16H16ClN3. The van der Waals surface area contributed by atoms with Crippen LogP contribution in [0.2, 0.25) is 5.15 Å². The van der Waals surface area contributed by atoms with Crippen molar-refractivity contribution < 1.29 is 0 Å². The highest BCUT2D eigenvalue weighted by molar-refractivity contribution is 6.29. The smallest absolute Gasteiger partial charge is 0.132 e. The van der Waals surface area contributed by atoms with E-state index in [-0.39, 0.29) is 5.41 Å². The highest BCUT2D eigenvalue weighted by Crippen LogP contribution is 2.23. The van der Waals surface area contributed by atoms with Crippen LogP contribution in [0.1, 0.15) is 25.0 Å². The molecule has 0 aliphatic carbocycles. The molecule has 2 aromatic rings. The lowest BCUT2D eigenvalue weighted by Crippen LogP contribution is -2.27. The van der Waals surface area contributed by atoms with Gasteiger partial charge in [0.05, 0.1) is 11.6 Å². The van der Waals surface area contributed by atoms with Crippen LogP contribution in [0.5, 0.6) is 0 Å². The first-order chi connectivity index (χ1) is 9.51. The first-order valence-electron chi connectivity index (χ1n) is 6.38. The fraction of sp³-hybridized carbons (Fsp3) is 0.250. The molecule has 4 heteroatoms. The molecule has 1 N–H and O–H groups in total. The first-order valence-corrected chi connectivity index (χ1v) is 6.76. The van der Waals surface area contributed by atoms with Crippen molar-refractivity contribution in [1.82, 2.24) is 4.98 Å². The number of halogens is 1. The van der Waals surface area contributed by atoms with Gasteiger partial charge in [-0.2, -0.15) is 5.26 Å². The molecule has 2 rings (SSSR count). The minimum atomic E-state index is -0.0436. The van der Waals surface area contributed by atoms with Gasteiger partial charge in [0.1, 0.15) is 11.0 Å². The van der Waals surface area contributed by atoms with E-state index in [0.29, 0.717) is 23.1 Å². The number of nitrogens with zero attached hydrogens (tertiary/aromatic N) is 2. The van der Waals surface area contributed by atoms with Gasteiger partial charge in [-0.1, -0.05) is 55.8 Å². The van der Waals surface area contributed by atoms with Crippen LogP contribution < -0.4 is 5.32 Å². The van der Waals surface area contributed by atoms with E-state index < -0.39 is 0 Å². The zero-order valence-corrected chi connectivity index (χ0v) is 12.3. The third-order valence-electron chi connectivity index (χ3n) is 3.19. The van der Waals surface area contributed by atoms with Crippen molar-refractivity contribution in [1.29, 1.82) is 5.26 Å². The maximum atomic E-state index is 8.93. The molecule has 1 aromatic heterocycles. The number of pyridine rings is 1. The molecule has 0 aliphatic rings. The van der Waals surface area contributed by atoms with Gasteiger partial charge in [-0.05, 0) is 17.7 Å². The van der Waals surface area contributed by atoms with Crippen molar-refractivity contribution in [2.24, 2.45) is 0 Å². The number of aromatic nitrogens is 1. The van der Waals surface area contributed by atoms with Crippen molar-refractivity contribution >= 4 is 17.4 Å². The number of hydrogen-bond acceptors (Lipinski definition) is 3. The Morgan fingerprint density at radius 3 is 2.60 bits per heavy atom. The topological polar surface area (TPSA) is 48.7 Å². The summed E-state index contributed by atoms with van der Waals surface area (Å²) in [6, 6.07) is 15.6. The standard InChI is InChI=1S/C16H16ClN3/c1-16(2,13-6-4-3-5-7-13)11-19-15-9-12(10-18)8-14(17)20-15/h3-9H,11H2,1-2H3,(H,19,20). The Labute approximate surface area is 124 Å². The summed E-state index contributed by atoms with van der Waals surface area (Å²) >= 11 is 5.89. The second-order valence-electron chi connectivity index (χ2n) is 5.28. The average molecular weight is 286 g/mol. The lowest BCUT2D eigenvalue weighted by atomic mass is 9.84. The van der Waals surface area contributed by atoms with Crippen LogP contribution in [-0.2, 0) is 5.41 Å². The van der Waals surface area contributed by atoms with Gasteiger partial charge in [0.2, 0.25) is 0 Å². The van der Waals surface area contributed by atoms with Crippen LogP contribution in [0.25, 0.3) is 0 Å². The zero-order valence-electron chi connectivity index (χ0n) is 11.5. The second-order valence-corrected chi connectivity index (χ2v) is 5.67. The molecule has 20 heavy (non-hydrogen) atoms. The minimum absolute atomic E-state index is 0.0436. The summed E-state index contributed by atoms with van der Waals surface area (Å²) in [6.45, 7) is 5.02. The van der Waals surface area contributed by atoms with Crippen LogP contribution in [0.3, 0.4) is 0 Å². The van der Waals surface area contributed by atoms with Gasteiger partial charge in [-0.25, -0.2) is 4.98 Å². The summed E-state index contributed by atoms with van der Waals surface area (Å²) in [5.41, 5.74) is 1.71. The molecule has 0 bridgehead atoms. The van der Waals surface area contributed by atoms with Gasteiger partial charge in [0, 0.05) is 12.0 Å². The van der Waals surface area contributed by atoms with E-state index in [1.54, 1.807) is 12.1 Å². The lowest BCUT2D eigenvalue weighted by Gasteiger charge is -2.26. The molecule has 0 fully saturated rings. The Kier molecular flexibility index (Phi) is 4.26. The molecule has 1 heterocycles. The second kappa shape index (κ2) is 5.94. The largest absolute Gasteiger partial charge is 0.369 e. The van der Waals surface area contributed by atoms with Crippen LogP contribution in [0.4, 0.5) is 5.82 Å². The molecule has 0 radical (unpaired) electrons. The summed E-state index contributed by atoms with van der Waals surface area (Å²) in [7, 11) is 0. The van der Waals surface area contributed by atoms with Crippen LogP contribution in [0.15, 0.2) is 42.5 Å². The maximum Gasteiger partial charge on any atom is 0.132 e. The van der Waals surface area contributed by atoms with E-state index >= 15 is 0 Å². The molecule has 0 aliphatic heterocycles. The van der Waals surface area contributed by atoms with E-state index in [0.717, 1.165) is 0 Å². The summed E-state index contributed by atoms with van der Waals surface area (Å²) in [5.74, 6) is 0.623. The Morgan fingerprint density at radius 2 is 1.95 bits per heavy atom. The van der Waals surface area contributed by atoms with Crippen molar-refractivity contribution in [3.05, 3.63) is 58.7 Å². The molecule has 3 nitrogen and oxygen atoms in total. The molecule has 0 spiro atoms. The summed E-state index contributed by atoms with van der Waals surface area (Å²) in [5, 5.41) is 12.5. The molecular weight excluding hydrogens is 270 g/mol. The van der Waals surface area contributed by atoms with E-state index in [1.807, 2.05) is 18.2 Å². The van der Waals surface area contributed by atoms with Gasteiger partial charge >= 0.3 is 0 Å². The molecule has 0 saturated heterocycles. The van der Waals surface area contributed by atoms with E-state index in [4.69, 9.17) is 16.9 Å². The molecule has 0 saturated carbocycles. The van der Waals surface area contributed by atoms with E-state index in [9.17, 15) is 0 Å². The Bertz CT molecular complexity index is 630.